The van der Waals surface area contributed by atoms with Gasteiger partial charge in [-0.3, -0.25) is 0 Å². The summed E-state index contributed by atoms with van der Waals surface area (Å²) >= 11 is 0. The summed E-state index contributed by atoms with van der Waals surface area (Å²) in [4.78, 5) is 0. The first-order valence-corrected chi connectivity index (χ1v) is 11.7. The molecule has 0 saturated heterocycles. The van der Waals surface area contributed by atoms with Crippen LogP contribution in [0.5, 0.6) is 0 Å². The van der Waals surface area contributed by atoms with Crippen molar-refractivity contribution in [3.63, 3.8) is 0 Å². The predicted molar refractivity (Wildman–Crippen MR) is 128 cm³/mol. The molecule has 2 heteroatoms. The van der Waals surface area contributed by atoms with Crippen molar-refractivity contribution in [1.82, 2.24) is 4.57 Å². The smallest absolute Gasteiger partial charge is 0.229 e. The second kappa shape index (κ2) is 6.83. The van der Waals surface area contributed by atoms with Crippen molar-refractivity contribution in [1.29, 1.82) is 0 Å². The van der Waals surface area contributed by atoms with Gasteiger partial charge in [-0.1, -0.05) is 64.3 Å². The summed E-state index contributed by atoms with van der Waals surface area (Å²) in [5.41, 5.74) is 8.58. The van der Waals surface area contributed by atoms with E-state index in [9.17, 15) is 0 Å². The van der Waals surface area contributed by atoms with Crippen molar-refractivity contribution in [3.8, 4) is 0 Å². The molecule has 0 spiro atoms. The number of nitrogens with zero attached hydrogens (tertiary/aromatic N) is 2. The number of aryl methyl sites for hydroxylation is 2. The van der Waals surface area contributed by atoms with Crippen LogP contribution in [0, 0.1) is 13.8 Å². The van der Waals surface area contributed by atoms with Crippen LogP contribution in [0.25, 0.3) is 27.3 Å². The minimum atomic E-state index is 0.0918. The quantitative estimate of drug-likeness (QED) is 0.240. The fourth-order valence-corrected chi connectivity index (χ4v) is 5.83. The number of imidazole rings is 1. The van der Waals surface area contributed by atoms with Gasteiger partial charge in [0.05, 0.1) is 12.4 Å². The molecule has 0 unspecified atom stereocenters. The van der Waals surface area contributed by atoms with Crippen LogP contribution in [-0.2, 0) is 12.5 Å². The van der Waals surface area contributed by atoms with Gasteiger partial charge in [-0.05, 0) is 48.4 Å². The molecule has 0 bridgehead atoms. The van der Waals surface area contributed by atoms with Crippen molar-refractivity contribution in [2.24, 2.45) is 7.05 Å². The lowest BCUT2D eigenvalue weighted by Gasteiger charge is -2.22. The van der Waals surface area contributed by atoms with Gasteiger partial charge in [0.2, 0.25) is 0 Å². The number of hydrogen-bond acceptors (Lipinski definition) is 0. The highest BCUT2D eigenvalue weighted by Crippen LogP contribution is 2.39. The number of fused-ring (bicyclic) bond motifs is 6. The molecule has 156 valence electrons. The van der Waals surface area contributed by atoms with Gasteiger partial charge in [0.1, 0.15) is 11.2 Å². The molecule has 2 nitrogen and oxygen atoms in total. The number of benzene rings is 2. The zero-order valence-corrected chi connectivity index (χ0v) is 19.5. The van der Waals surface area contributed by atoms with E-state index in [2.05, 4.69) is 87.0 Å². The van der Waals surface area contributed by atoms with Gasteiger partial charge >= 0.3 is 0 Å². The maximum absolute atomic E-state index is 2.64. The molecule has 1 fully saturated rings. The molecule has 2 aromatic carbocycles. The second-order valence-corrected chi connectivity index (χ2v) is 10.5. The van der Waals surface area contributed by atoms with E-state index in [4.69, 9.17) is 0 Å². The predicted octanol–water partition coefficient (Wildman–Crippen LogP) is 7.03. The van der Waals surface area contributed by atoms with Gasteiger partial charge in [-0.2, -0.15) is 4.40 Å². The lowest BCUT2D eigenvalue weighted by Crippen LogP contribution is -2.30. The SMILES string of the molecule is Cc1ccc2c3cccc(C(C)(C)C)c3c3n(C)c(C)c(C4CCCCC4)[n+]3c2c1. The Kier molecular flexibility index (Phi) is 4.47. The van der Waals surface area contributed by atoms with Crippen LogP contribution < -0.4 is 4.40 Å². The van der Waals surface area contributed by atoms with Crippen LogP contribution in [0.2, 0.25) is 0 Å². The minimum absolute atomic E-state index is 0.0918. The third kappa shape index (κ3) is 2.80. The Balaban J connectivity index is 2.06. The Morgan fingerprint density at radius 3 is 2.37 bits per heavy atom. The van der Waals surface area contributed by atoms with Crippen LogP contribution in [-0.4, -0.2) is 4.57 Å². The van der Waals surface area contributed by atoms with E-state index in [0.29, 0.717) is 5.92 Å². The van der Waals surface area contributed by atoms with Crippen molar-refractivity contribution < 1.29 is 4.40 Å². The molecule has 0 radical (unpaired) electrons. The highest BCUT2D eigenvalue weighted by molar-refractivity contribution is 6.10. The van der Waals surface area contributed by atoms with E-state index in [1.807, 2.05) is 0 Å². The highest BCUT2D eigenvalue weighted by atomic mass is 15.1. The molecule has 2 heterocycles. The molecule has 0 atom stereocenters. The van der Waals surface area contributed by atoms with E-state index < -0.39 is 0 Å². The maximum atomic E-state index is 2.64. The van der Waals surface area contributed by atoms with Crippen LogP contribution in [0.3, 0.4) is 0 Å². The van der Waals surface area contributed by atoms with E-state index in [0.717, 1.165) is 0 Å². The van der Waals surface area contributed by atoms with Crippen LogP contribution in [0.4, 0.5) is 0 Å². The average Bonchev–Trinajstić information content (AvgIpc) is 2.99. The molecule has 1 aliphatic carbocycles. The summed E-state index contributed by atoms with van der Waals surface area (Å²) in [6, 6.07) is 13.9. The highest BCUT2D eigenvalue weighted by Gasteiger charge is 2.33. The second-order valence-electron chi connectivity index (χ2n) is 10.5. The zero-order valence-electron chi connectivity index (χ0n) is 19.5. The Morgan fingerprint density at radius 2 is 1.67 bits per heavy atom. The lowest BCUT2D eigenvalue weighted by molar-refractivity contribution is -0.492. The van der Waals surface area contributed by atoms with Gasteiger partial charge in [0.25, 0.3) is 5.65 Å². The largest absolute Gasteiger partial charge is 0.295 e. The molecule has 30 heavy (non-hydrogen) atoms. The van der Waals surface area contributed by atoms with Crippen LogP contribution >= 0.6 is 0 Å². The molecule has 5 rings (SSSR count). The van der Waals surface area contributed by atoms with Gasteiger partial charge < -0.3 is 0 Å². The van der Waals surface area contributed by atoms with Crippen LogP contribution in [0.15, 0.2) is 36.4 Å². The summed E-state index contributed by atoms with van der Waals surface area (Å²) in [6.45, 7) is 11.6. The molecular formula is C28H35N2+. The number of pyridine rings is 1. The van der Waals surface area contributed by atoms with E-state index in [-0.39, 0.29) is 5.41 Å². The summed E-state index contributed by atoms with van der Waals surface area (Å²) in [7, 11) is 2.28. The lowest BCUT2D eigenvalue weighted by atomic mass is 9.83. The van der Waals surface area contributed by atoms with Gasteiger partial charge in [-0.25, -0.2) is 4.57 Å². The fourth-order valence-electron chi connectivity index (χ4n) is 5.83. The Labute approximate surface area is 180 Å². The first-order chi connectivity index (χ1) is 14.3. The normalized spacial score (nSPS) is 16.2. The van der Waals surface area contributed by atoms with E-state index >= 15 is 0 Å². The van der Waals surface area contributed by atoms with E-state index in [1.54, 1.807) is 5.69 Å². The molecule has 0 N–H and O–H groups in total. The van der Waals surface area contributed by atoms with Crippen LogP contribution in [0.1, 0.15) is 81.3 Å². The molecule has 1 saturated carbocycles. The summed E-state index contributed by atoms with van der Waals surface area (Å²) in [5.74, 6) is 0.662. The summed E-state index contributed by atoms with van der Waals surface area (Å²) < 4.78 is 5.12. The Bertz CT molecular complexity index is 1280. The first-order valence-electron chi connectivity index (χ1n) is 11.7. The third-order valence-electron chi connectivity index (χ3n) is 7.42. The average molecular weight is 400 g/mol. The summed E-state index contributed by atoms with van der Waals surface area (Å²) in [6.07, 6.45) is 6.75. The molecule has 0 amide bonds. The van der Waals surface area contributed by atoms with Crippen molar-refractivity contribution >= 4 is 27.3 Å². The topological polar surface area (TPSA) is 9.03 Å². The molecule has 2 aromatic heterocycles. The van der Waals surface area contributed by atoms with Gasteiger partial charge in [0, 0.05) is 23.6 Å². The Hall–Kier alpha value is -2.35. The molecule has 0 aliphatic heterocycles. The van der Waals surface area contributed by atoms with Crippen molar-refractivity contribution in [2.45, 2.75) is 78.1 Å². The standard InChI is InChI=1S/C28H35N2/c1-18-15-16-21-22-13-10-14-23(28(3,4)5)25(22)27-29(6)19(2)26(30(27)24(21)17-18)20-11-8-7-9-12-20/h10,13-17,20H,7-9,11-12H2,1-6H3/q+1. The number of hydrogen-bond donors (Lipinski definition) is 0. The van der Waals surface area contributed by atoms with E-state index in [1.165, 1.54) is 76.2 Å². The van der Waals surface area contributed by atoms with Gasteiger partial charge in [-0.15, -0.1) is 0 Å². The molecule has 1 aliphatic rings. The Morgan fingerprint density at radius 1 is 0.933 bits per heavy atom. The summed E-state index contributed by atoms with van der Waals surface area (Å²) in [5, 5.41) is 4.18. The zero-order chi connectivity index (χ0) is 21.2. The monoisotopic (exact) mass is 399 g/mol. The fraction of sp³-hybridized carbons (Fsp3) is 0.464. The van der Waals surface area contributed by atoms with Gasteiger partial charge in [0.15, 0.2) is 5.69 Å². The van der Waals surface area contributed by atoms with Crippen molar-refractivity contribution in [3.05, 3.63) is 58.9 Å². The third-order valence-corrected chi connectivity index (χ3v) is 7.42. The number of aromatic nitrogens is 2. The maximum Gasteiger partial charge on any atom is 0.295 e. The molecular weight excluding hydrogens is 364 g/mol. The van der Waals surface area contributed by atoms with Crippen molar-refractivity contribution in [2.75, 3.05) is 0 Å². The number of rotatable bonds is 1. The first kappa shape index (κ1) is 19.6. The minimum Gasteiger partial charge on any atom is -0.229 e. The molecule has 4 aromatic rings.